The minimum absolute atomic E-state index is 0.160. The van der Waals surface area contributed by atoms with Crippen LogP contribution in [0.2, 0.25) is 0 Å². The van der Waals surface area contributed by atoms with Crippen LogP contribution in [-0.4, -0.2) is 35.2 Å². The molecule has 124 valence electrons. The summed E-state index contributed by atoms with van der Waals surface area (Å²) < 4.78 is 0. The van der Waals surface area contributed by atoms with E-state index in [9.17, 15) is 14.4 Å². The van der Waals surface area contributed by atoms with Crippen LogP contribution >= 0.6 is 0 Å². The maximum atomic E-state index is 12.7. The normalized spacial score (nSPS) is 14.6. The first-order valence-electron chi connectivity index (χ1n) is 7.93. The third-order valence-electron chi connectivity index (χ3n) is 3.88. The van der Waals surface area contributed by atoms with Crippen molar-refractivity contribution in [2.75, 3.05) is 5.32 Å². The summed E-state index contributed by atoms with van der Waals surface area (Å²) >= 11 is 0. The molecule has 0 saturated heterocycles. The number of benzene rings is 1. The number of nitrogens with one attached hydrogen (secondary N) is 2. The second-order valence-corrected chi connectivity index (χ2v) is 5.99. The molecule has 0 aliphatic carbocycles. The maximum Gasteiger partial charge on any atom is 0.255 e. The van der Waals surface area contributed by atoms with Crippen LogP contribution in [-0.2, 0) is 16.1 Å². The monoisotopic (exact) mass is 317 g/mol. The molecule has 3 amide bonds. The van der Waals surface area contributed by atoms with Crippen LogP contribution in [0, 0.1) is 0 Å². The fraction of sp³-hybridized carbons (Fsp3) is 0.471. The molecule has 0 bridgehead atoms. The predicted octanol–water partition coefficient (Wildman–Crippen LogP) is 1.90. The molecule has 2 N–H and O–H groups in total. The highest BCUT2D eigenvalue weighted by Crippen LogP contribution is 2.31. The van der Waals surface area contributed by atoms with Crippen LogP contribution in [0.25, 0.3) is 0 Å². The van der Waals surface area contributed by atoms with Crippen LogP contribution in [0.3, 0.4) is 0 Å². The average molecular weight is 317 g/mol. The number of imide groups is 1. The van der Waals surface area contributed by atoms with Gasteiger partial charge in [0, 0.05) is 29.4 Å². The highest BCUT2D eigenvalue weighted by atomic mass is 16.2. The van der Waals surface area contributed by atoms with Crippen molar-refractivity contribution >= 4 is 23.9 Å². The van der Waals surface area contributed by atoms with Gasteiger partial charge in [-0.05, 0) is 32.4 Å². The van der Waals surface area contributed by atoms with E-state index in [0.29, 0.717) is 24.9 Å². The van der Waals surface area contributed by atoms with Gasteiger partial charge in [0.15, 0.2) is 0 Å². The lowest BCUT2D eigenvalue weighted by Crippen LogP contribution is -2.46. The van der Waals surface area contributed by atoms with Gasteiger partial charge < -0.3 is 10.2 Å². The van der Waals surface area contributed by atoms with E-state index in [1.54, 1.807) is 11.0 Å². The smallest absolute Gasteiger partial charge is 0.255 e. The molecule has 1 aromatic carbocycles. The summed E-state index contributed by atoms with van der Waals surface area (Å²) in [6, 6.07) is 5.18. The van der Waals surface area contributed by atoms with Crippen molar-refractivity contribution < 1.29 is 14.4 Å². The Morgan fingerprint density at radius 2 is 2.13 bits per heavy atom. The van der Waals surface area contributed by atoms with Crippen molar-refractivity contribution in [3.63, 3.8) is 0 Å². The Balaban J connectivity index is 2.31. The van der Waals surface area contributed by atoms with Crippen molar-refractivity contribution in [2.45, 2.75) is 52.2 Å². The van der Waals surface area contributed by atoms with Crippen molar-refractivity contribution in [1.82, 2.24) is 10.2 Å². The molecule has 1 heterocycles. The number of hydrogen-bond acceptors (Lipinski definition) is 4. The molecule has 1 unspecified atom stereocenters. The van der Waals surface area contributed by atoms with Crippen molar-refractivity contribution in [3.05, 3.63) is 29.3 Å². The van der Waals surface area contributed by atoms with Gasteiger partial charge in [-0.15, -0.1) is 0 Å². The molecule has 6 nitrogen and oxygen atoms in total. The van der Waals surface area contributed by atoms with E-state index >= 15 is 0 Å². The lowest BCUT2D eigenvalue weighted by Gasteiger charge is -2.25. The van der Waals surface area contributed by atoms with Crippen LogP contribution in [0.15, 0.2) is 18.2 Å². The minimum Gasteiger partial charge on any atom is -0.383 e. The number of carbonyl (C=O) groups is 3. The van der Waals surface area contributed by atoms with E-state index in [2.05, 4.69) is 10.6 Å². The summed E-state index contributed by atoms with van der Waals surface area (Å²) in [5, 5.41) is 5.51. The molecule has 0 fully saturated rings. The van der Waals surface area contributed by atoms with Gasteiger partial charge in [0.1, 0.15) is 6.04 Å². The van der Waals surface area contributed by atoms with Crippen molar-refractivity contribution in [1.29, 1.82) is 0 Å². The first-order valence-corrected chi connectivity index (χ1v) is 7.93. The van der Waals surface area contributed by atoms with Gasteiger partial charge >= 0.3 is 0 Å². The number of nitrogens with zero attached hydrogens (tertiary/aromatic N) is 1. The quantitative estimate of drug-likeness (QED) is 0.753. The van der Waals surface area contributed by atoms with Crippen LogP contribution in [0.4, 0.5) is 5.69 Å². The summed E-state index contributed by atoms with van der Waals surface area (Å²) in [6.45, 7) is 6.39. The van der Waals surface area contributed by atoms with Crippen LogP contribution in [0.1, 0.15) is 49.5 Å². The summed E-state index contributed by atoms with van der Waals surface area (Å²) in [5.74, 6) is -0.590. The highest BCUT2D eigenvalue weighted by molar-refractivity contribution is 6.03. The van der Waals surface area contributed by atoms with Crippen LogP contribution in [0.5, 0.6) is 0 Å². The van der Waals surface area contributed by atoms with E-state index in [-0.39, 0.29) is 11.9 Å². The molecule has 1 aliphatic rings. The molecule has 0 radical (unpaired) electrons. The minimum atomic E-state index is -0.628. The van der Waals surface area contributed by atoms with E-state index in [0.717, 1.165) is 17.7 Å². The lowest BCUT2D eigenvalue weighted by molar-refractivity contribution is -0.129. The zero-order valence-electron chi connectivity index (χ0n) is 13.8. The van der Waals surface area contributed by atoms with Crippen molar-refractivity contribution in [2.24, 2.45) is 0 Å². The Morgan fingerprint density at radius 1 is 1.39 bits per heavy atom. The second-order valence-electron chi connectivity index (χ2n) is 5.99. The second kappa shape index (κ2) is 7.26. The van der Waals surface area contributed by atoms with Gasteiger partial charge in [0.2, 0.25) is 12.3 Å². The number of carbonyl (C=O) groups excluding carboxylic acids is 3. The molecule has 0 spiro atoms. The summed E-state index contributed by atoms with van der Waals surface area (Å²) in [6.07, 6.45) is 1.63. The molecular weight excluding hydrogens is 294 g/mol. The molecule has 0 aromatic heterocycles. The van der Waals surface area contributed by atoms with Gasteiger partial charge in [0.25, 0.3) is 5.91 Å². The summed E-state index contributed by atoms with van der Waals surface area (Å²) in [5.41, 5.74) is 2.45. The fourth-order valence-electron chi connectivity index (χ4n) is 2.91. The average Bonchev–Trinajstić information content (AvgIpc) is 2.83. The van der Waals surface area contributed by atoms with E-state index < -0.39 is 11.9 Å². The van der Waals surface area contributed by atoms with Gasteiger partial charge in [-0.25, -0.2) is 0 Å². The van der Waals surface area contributed by atoms with Gasteiger partial charge in [-0.1, -0.05) is 19.4 Å². The molecule has 1 aromatic rings. The standard InChI is InChI=1S/C17H23N3O3/c1-4-6-15(16(22)18-10-21)20-9-13-12(17(20)23)7-5-8-14(13)19-11(2)3/h5,7-8,10-11,15,19H,4,6,9H2,1-3H3,(H,18,21,22). The molecule has 23 heavy (non-hydrogen) atoms. The number of hydrogen-bond donors (Lipinski definition) is 2. The first kappa shape index (κ1) is 17.0. The number of amides is 3. The van der Waals surface area contributed by atoms with E-state index in [1.807, 2.05) is 32.9 Å². The molecule has 2 rings (SSSR count). The number of fused-ring (bicyclic) bond motifs is 1. The topological polar surface area (TPSA) is 78.5 Å². The molecule has 0 saturated carbocycles. The van der Waals surface area contributed by atoms with Crippen molar-refractivity contribution in [3.8, 4) is 0 Å². The third-order valence-corrected chi connectivity index (χ3v) is 3.88. The zero-order valence-corrected chi connectivity index (χ0v) is 13.8. The number of anilines is 1. The van der Waals surface area contributed by atoms with Gasteiger partial charge in [-0.2, -0.15) is 0 Å². The highest BCUT2D eigenvalue weighted by Gasteiger charge is 2.36. The zero-order chi connectivity index (χ0) is 17.0. The Bertz CT molecular complexity index is 613. The Kier molecular flexibility index (Phi) is 5.36. The van der Waals surface area contributed by atoms with Gasteiger partial charge in [0.05, 0.1) is 0 Å². The number of rotatable bonds is 7. The maximum absolute atomic E-state index is 12.7. The Labute approximate surface area is 136 Å². The molecular formula is C17H23N3O3. The Morgan fingerprint density at radius 3 is 2.74 bits per heavy atom. The Hall–Kier alpha value is -2.37. The SMILES string of the molecule is CCCC(C(=O)NC=O)N1Cc2c(NC(C)C)cccc2C1=O. The van der Waals surface area contributed by atoms with E-state index in [1.165, 1.54) is 0 Å². The molecule has 6 heteroatoms. The predicted molar refractivity (Wildman–Crippen MR) is 88.0 cm³/mol. The molecule has 1 aliphatic heterocycles. The van der Waals surface area contributed by atoms with Gasteiger partial charge in [-0.3, -0.25) is 19.7 Å². The van der Waals surface area contributed by atoms with E-state index in [4.69, 9.17) is 0 Å². The fourth-order valence-corrected chi connectivity index (χ4v) is 2.91. The molecule has 1 atom stereocenters. The summed E-state index contributed by atoms with van der Waals surface area (Å²) in [4.78, 5) is 36.9. The van der Waals surface area contributed by atoms with Crippen LogP contribution < -0.4 is 10.6 Å². The largest absolute Gasteiger partial charge is 0.383 e. The third kappa shape index (κ3) is 3.52. The summed E-state index contributed by atoms with van der Waals surface area (Å²) in [7, 11) is 0. The first-order chi connectivity index (χ1) is 11.0. The lowest BCUT2D eigenvalue weighted by atomic mass is 10.1.